The Bertz CT molecular complexity index is 1980. The quantitative estimate of drug-likeness (QED) is 0.122. The zero-order chi connectivity index (χ0) is 39.6. The molecular formula is C45H52N4O7. The molecule has 2 aliphatic rings. The van der Waals surface area contributed by atoms with Crippen molar-refractivity contribution < 1.29 is 33.7 Å². The van der Waals surface area contributed by atoms with Gasteiger partial charge < -0.3 is 29.5 Å². The molecule has 3 aromatic carbocycles. The van der Waals surface area contributed by atoms with Crippen molar-refractivity contribution in [3.63, 3.8) is 0 Å². The van der Waals surface area contributed by atoms with Crippen molar-refractivity contribution in [3.8, 4) is 28.6 Å². The SMILES string of the molecule is CC[C@H]1CC[C@H](C2CC=C(c3cnc(-c4ccc(CN(CC(=O)O)C(=O)c5ccc(NC(=O)Cc6c(OC)cc(OC)cc6OC)cc5)cc4)nc3)CC2)CC1. The van der Waals surface area contributed by atoms with Crippen LogP contribution < -0.4 is 19.5 Å². The molecule has 1 fully saturated rings. The molecule has 2 amide bonds. The molecule has 1 saturated carbocycles. The van der Waals surface area contributed by atoms with Gasteiger partial charge in [0, 0.05) is 59.0 Å². The lowest BCUT2D eigenvalue weighted by Crippen LogP contribution is -2.35. The normalized spacial score (nSPS) is 18.0. The second kappa shape index (κ2) is 18.8. The summed E-state index contributed by atoms with van der Waals surface area (Å²) in [5, 5.41) is 12.5. The first-order valence-corrected chi connectivity index (χ1v) is 19.5. The number of nitrogens with zero attached hydrogens (tertiary/aromatic N) is 3. The Morgan fingerprint density at radius 2 is 1.48 bits per heavy atom. The summed E-state index contributed by atoms with van der Waals surface area (Å²) in [5.41, 5.74) is 5.32. The number of benzene rings is 3. The Balaban J connectivity index is 1.05. The van der Waals surface area contributed by atoms with Gasteiger partial charge in [-0.05, 0) is 85.3 Å². The number of carboxylic acid groups (broad SMARTS) is 1. The van der Waals surface area contributed by atoms with E-state index < -0.39 is 18.4 Å². The number of hydrogen-bond donors (Lipinski definition) is 2. The van der Waals surface area contributed by atoms with E-state index in [1.54, 1.807) is 36.4 Å². The van der Waals surface area contributed by atoms with E-state index in [9.17, 15) is 19.5 Å². The average Bonchev–Trinajstić information content (AvgIpc) is 3.23. The minimum absolute atomic E-state index is 0.0296. The van der Waals surface area contributed by atoms with E-state index in [4.69, 9.17) is 14.2 Å². The van der Waals surface area contributed by atoms with Crippen molar-refractivity contribution in [2.24, 2.45) is 17.8 Å². The van der Waals surface area contributed by atoms with E-state index in [0.29, 0.717) is 34.3 Å². The van der Waals surface area contributed by atoms with E-state index >= 15 is 0 Å². The zero-order valence-corrected chi connectivity index (χ0v) is 32.8. The number of anilines is 1. The van der Waals surface area contributed by atoms with Gasteiger partial charge in [-0.25, -0.2) is 9.97 Å². The number of carbonyl (C=O) groups is 3. The van der Waals surface area contributed by atoms with E-state index in [2.05, 4.69) is 28.3 Å². The summed E-state index contributed by atoms with van der Waals surface area (Å²) in [6.07, 6.45) is 16.5. The van der Waals surface area contributed by atoms with Gasteiger partial charge in [0.15, 0.2) is 5.82 Å². The number of allylic oxidation sites excluding steroid dienone is 2. The Labute approximate surface area is 329 Å². The number of hydrogen-bond acceptors (Lipinski definition) is 8. The first kappa shape index (κ1) is 40.0. The number of rotatable bonds is 15. The maximum absolute atomic E-state index is 13.5. The predicted molar refractivity (Wildman–Crippen MR) is 216 cm³/mol. The van der Waals surface area contributed by atoms with Gasteiger partial charge in [0.1, 0.15) is 23.8 Å². The molecule has 11 heteroatoms. The second-order valence-electron chi connectivity index (χ2n) is 14.8. The van der Waals surface area contributed by atoms with Crippen LogP contribution in [-0.2, 0) is 22.6 Å². The fraction of sp³-hybridized carbons (Fsp3) is 0.400. The summed E-state index contributed by atoms with van der Waals surface area (Å²) >= 11 is 0. The molecule has 0 saturated heterocycles. The lowest BCUT2D eigenvalue weighted by molar-refractivity contribution is -0.137. The molecule has 0 aliphatic heterocycles. The topological polar surface area (TPSA) is 140 Å². The molecule has 6 rings (SSSR count). The van der Waals surface area contributed by atoms with Crippen LogP contribution in [0.25, 0.3) is 17.0 Å². The third-order valence-electron chi connectivity index (χ3n) is 11.4. The first-order valence-electron chi connectivity index (χ1n) is 19.5. The van der Waals surface area contributed by atoms with Crippen LogP contribution in [-0.4, -0.2) is 65.6 Å². The molecule has 0 bridgehead atoms. The Morgan fingerprint density at radius 3 is 2.04 bits per heavy atom. The molecule has 1 aromatic heterocycles. The monoisotopic (exact) mass is 760 g/mol. The summed E-state index contributed by atoms with van der Waals surface area (Å²) in [7, 11) is 4.54. The highest BCUT2D eigenvalue weighted by molar-refractivity contribution is 5.97. The number of nitrogens with one attached hydrogen (secondary N) is 1. The molecular weight excluding hydrogens is 709 g/mol. The average molecular weight is 761 g/mol. The van der Waals surface area contributed by atoms with Gasteiger partial charge in [0.05, 0.1) is 27.8 Å². The standard InChI is InChI=1S/C45H52N4O7/c1-5-29-6-10-31(11-7-29)32-14-16-33(17-15-32)36-25-46-44(47-26-36)34-12-8-30(9-13-34)27-49(28-43(51)52)45(53)35-18-20-37(21-19-35)48-42(50)24-39-40(55-3)22-38(54-2)23-41(39)56-4/h8-9,12-13,16,18-23,25-26,29,31-32H,5-7,10-11,14-15,17,24,27-28H2,1-4H3,(H,48,50)(H,51,52)/t29-,31-,32?. The van der Waals surface area contributed by atoms with Crippen LogP contribution in [0.4, 0.5) is 5.69 Å². The molecule has 0 radical (unpaired) electrons. The van der Waals surface area contributed by atoms with Crippen LogP contribution >= 0.6 is 0 Å². The maximum Gasteiger partial charge on any atom is 0.323 e. The zero-order valence-electron chi connectivity index (χ0n) is 32.8. The Hall–Kier alpha value is -5.71. The van der Waals surface area contributed by atoms with Gasteiger partial charge >= 0.3 is 5.97 Å². The van der Waals surface area contributed by atoms with Crippen molar-refractivity contribution in [1.29, 1.82) is 0 Å². The van der Waals surface area contributed by atoms with E-state index in [-0.39, 0.29) is 24.4 Å². The second-order valence-corrected chi connectivity index (χ2v) is 14.8. The van der Waals surface area contributed by atoms with Gasteiger partial charge in [-0.15, -0.1) is 0 Å². The highest BCUT2D eigenvalue weighted by Crippen LogP contribution is 2.42. The van der Waals surface area contributed by atoms with Crippen molar-refractivity contribution in [3.05, 3.63) is 101 Å². The van der Waals surface area contributed by atoms with Gasteiger partial charge in [-0.2, -0.15) is 0 Å². The van der Waals surface area contributed by atoms with Crippen LogP contribution in [0.1, 0.15) is 85.3 Å². The predicted octanol–water partition coefficient (Wildman–Crippen LogP) is 8.48. The molecule has 1 heterocycles. The molecule has 1 unspecified atom stereocenters. The smallest absolute Gasteiger partial charge is 0.323 e. The van der Waals surface area contributed by atoms with Crippen molar-refractivity contribution in [2.75, 3.05) is 33.2 Å². The molecule has 1 atom stereocenters. The maximum atomic E-state index is 13.5. The number of aromatic nitrogens is 2. The number of carbonyl (C=O) groups excluding carboxylic acids is 2. The number of carboxylic acids is 1. The van der Waals surface area contributed by atoms with Gasteiger partial charge in [0.25, 0.3) is 5.91 Å². The van der Waals surface area contributed by atoms with Gasteiger partial charge in [-0.3, -0.25) is 14.4 Å². The van der Waals surface area contributed by atoms with E-state index in [0.717, 1.165) is 47.3 Å². The molecule has 2 aliphatic carbocycles. The molecule has 2 N–H and O–H groups in total. The van der Waals surface area contributed by atoms with Crippen molar-refractivity contribution in [1.82, 2.24) is 14.9 Å². The number of ether oxygens (including phenoxy) is 3. The number of aliphatic carboxylic acids is 1. The lowest BCUT2D eigenvalue weighted by atomic mass is 9.71. The largest absolute Gasteiger partial charge is 0.496 e. The first-order chi connectivity index (χ1) is 27.2. The summed E-state index contributed by atoms with van der Waals surface area (Å²) < 4.78 is 16.2. The summed E-state index contributed by atoms with van der Waals surface area (Å²) in [6, 6.07) is 17.2. The lowest BCUT2D eigenvalue weighted by Gasteiger charge is -2.35. The molecule has 4 aromatic rings. The van der Waals surface area contributed by atoms with Crippen LogP contribution in [0.3, 0.4) is 0 Å². The molecule has 0 spiro atoms. The van der Waals surface area contributed by atoms with Crippen LogP contribution in [0.15, 0.2) is 79.1 Å². The molecule has 56 heavy (non-hydrogen) atoms. The Kier molecular flexibility index (Phi) is 13.4. The minimum atomic E-state index is -1.13. The fourth-order valence-corrected chi connectivity index (χ4v) is 8.09. The highest BCUT2D eigenvalue weighted by Gasteiger charge is 2.28. The van der Waals surface area contributed by atoms with Crippen LogP contribution in [0.5, 0.6) is 17.2 Å². The molecule has 11 nitrogen and oxygen atoms in total. The van der Waals surface area contributed by atoms with Gasteiger partial charge in [0.2, 0.25) is 5.91 Å². The Morgan fingerprint density at radius 1 is 0.821 bits per heavy atom. The highest BCUT2D eigenvalue weighted by atomic mass is 16.5. The van der Waals surface area contributed by atoms with Crippen LogP contribution in [0.2, 0.25) is 0 Å². The third kappa shape index (κ3) is 9.93. The van der Waals surface area contributed by atoms with E-state index in [1.807, 2.05) is 36.7 Å². The minimum Gasteiger partial charge on any atom is -0.496 e. The number of amides is 2. The summed E-state index contributed by atoms with van der Waals surface area (Å²) in [4.78, 5) is 49.0. The summed E-state index contributed by atoms with van der Waals surface area (Å²) in [6.45, 7) is 1.93. The van der Waals surface area contributed by atoms with Gasteiger partial charge in [-0.1, -0.05) is 56.5 Å². The summed E-state index contributed by atoms with van der Waals surface area (Å²) in [5.74, 6) is 2.74. The van der Waals surface area contributed by atoms with E-state index in [1.165, 1.54) is 70.3 Å². The van der Waals surface area contributed by atoms with Crippen LogP contribution in [0, 0.1) is 17.8 Å². The van der Waals surface area contributed by atoms with Crippen molar-refractivity contribution in [2.45, 2.75) is 71.3 Å². The third-order valence-corrected chi connectivity index (χ3v) is 11.4. The fourth-order valence-electron chi connectivity index (χ4n) is 8.09. The van der Waals surface area contributed by atoms with Crippen molar-refractivity contribution >= 4 is 29.0 Å². The molecule has 294 valence electrons. The number of methoxy groups -OCH3 is 3.